The largest absolute Gasteiger partial charge is 0.522 e. The van der Waals surface area contributed by atoms with Crippen LogP contribution >= 0.6 is 0 Å². The van der Waals surface area contributed by atoms with Crippen LogP contribution in [0.4, 0.5) is 13.2 Å². The molecule has 1 fully saturated rings. The molecule has 0 atom stereocenters. The van der Waals surface area contributed by atoms with E-state index < -0.39 is 24.4 Å². The number of aliphatic carboxylic acids is 1. The molecule has 0 aromatic rings. The molecule has 1 aliphatic heterocycles. The van der Waals surface area contributed by atoms with Gasteiger partial charge in [-0.2, -0.15) is 0 Å². The van der Waals surface area contributed by atoms with Crippen LogP contribution in [0.3, 0.4) is 0 Å². The molecule has 0 radical (unpaired) electrons. The van der Waals surface area contributed by atoms with Gasteiger partial charge in [0.05, 0.1) is 12.0 Å². The van der Waals surface area contributed by atoms with Crippen LogP contribution in [0.2, 0.25) is 0 Å². The van der Waals surface area contributed by atoms with Gasteiger partial charge in [0.1, 0.15) is 0 Å². The van der Waals surface area contributed by atoms with Crippen molar-refractivity contribution in [3.63, 3.8) is 0 Å². The monoisotopic (exact) mass is 241 g/mol. The van der Waals surface area contributed by atoms with Gasteiger partial charge < -0.3 is 10.4 Å². The van der Waals surface area contributed by atoms with Crippen LogP contribution < -0.4 is 5.32 Å². The molecule has 7 heteroatoms. The summed E-state index contributed by atoms with van der Waals surface area (Å²) in [4.78, 5) is 11.1. The van der Waals surface area contributed by atoms with Gasteiger partial charge in [-0.25, -0.2) is 0 Å². The van der Waals surface area contributed by atoms with E-state index in [1.807, 2.05) is 0 Å². The average Bonchev–Trinajstić information content (AvgIpc) is 2.17. The summed E-state index contributed by atoms with van der Waals surface area (Å²) in [5.74, 6) is -1.04. The van der Waals surface area contributed by atoms with Gasteiger partial charge in [-0.3, -0.25) is 9.53 Å². The van der Waals surface area contributed by atoms with E-state index in [4.69, 9.17) is 5.11 Å². The van der Waals surface area contributed by atoms with Gasteiger partial charge in [-0.15, -0.1) is 13.2 Å². The smallest absolute Gasteiger partial charge is 0.481 e. The number of carboxylic acid groups (broad SMARTS) is 1. The van der Waals surface area contributed by atoms with E-state index in [0.717, 1.165) is 0 Å². The highest BCUT2D eigenvalue weighted by atomic mass is 19.4. The minimum Gasteiger partial charge on any atom is -0.481 e. The first-order valence-corrected chi connectivity index (χ1v) is 5.01. The minimum absolute atomic E-state index is 0.108. The highest BCUT2D eigenvalue weighted by molar-refractivity contribution is 5.74. The number of alkyl halides is 3. The summed E-state index contributed by atoms with van der Waals surface area (Å²) < 4.78 is 38.9. The standard InChI is InChI=1S/C9H14F3NO3/c10-9(11,12)16-6-3-8(7(14)15)1-4-13-5-2-8/h13H,1-6H2,(H,14,15). The SMILES string of the molecule is O=C(O)C1(CCOC(F)(F)F)CCNCC1. The second kappa shape index (κ2) is 5.01. The molecule has 1 heterocycles. The van der Waals surface area contributed by atoms with E-state index in [1.165, 1.54) is 0 Å². The van der Waals surface area contributed by atoms with E-state index in [-0.39, 0.29) is 6.42 Å². The lowest BCUT2D eigenvalue weighted by Crippen LogP contribution is -2.43. The Morgan fingerprint density at radius 1 is 1.38 bits per heavy atom. The molecule has 0 saturated carbocycles. The second-order valence-corrected chi connectivity index (χ2v) is 3.88. The zero-order chi connectivity index (χ0) is 12.2. The summed E-state index contributed by atoms with van der Waals surface area (Å²) in [5.41, 5.74) is -1.07. The van der Waals surface area contributed by atoms with Crippen molar-refractivity contribution in [2.45, 2.75) is 25.6 Å². The molecule has 1 saturated heterocycles. The van der Waals surface area contributed by atoms with Crippen molar-refractivity contribution in [2.24, 2.45) is 5.41 Å². The van der Waals surface area contributed by atoms with Crippen molar-refractivity contribution in [3.05, 3.63) is 0 Å². The Morgan fingerprint density at radius 2 is 1.94 bits per heavy atom. The fourth-order valence-electron chi connectivity index (χ4n) is 1.84. The molecule has 0 amide bonds. The predicted molar refractivity (Wildman–Crippen MR) is 48.8 cm³/mol. The Kier molecular flexibility index (Phi) is 4.15. The van der Waals surface area contributed by atoms with E-state index >= 15 is 0 Å². The van der Waals surface area contributed by atoms with Crippen molar-refractivity contribution < 1.29 is 27.8 Å². The molecule has 0 aromatic heterocycles. The van der Waals surface area contributed by atoms with E-state index in [0.29, 0.717) is 25.9 Å². The van der Waals surface area contributed by atoms with E-state index in [1.54, 1.807) is 0 Å². The molecule has 0 unspecified atom stereocenters. The molecular formula is C9H14F3NO3. The van der Waals surface area contributed by atoms with Gasteiger partial charge in [-0.05, 0) is 32.4 Å². The first kappa shape index (κ1) is 13.2. The van der Waals surface area contributed by atoms with Crippen LogP contribution in [-0.2, 0) is 9.53 Å². The first-order valence-electron chi connectivity index (χ1n) is 5.01. The van der Waals surface area contributed by atoms with E-state index in [9.17, 15) is 18.0 Å². The topological polar surface area (TPSA) is 58.6 Å². The third-order valence-corrected chi connectivity index (χ3v) is 2.86. The minimum atomic E-state index is -4.69. The summed E-state index contributed by atoms with van der Waals surface area (Å²) in [6.07, 6.45) is -4.12. The lowest BCUT2D eigenvalue weighted by molar-refractivity contribution is -0.326. The van der Waals surface area contributed by atoms with Gasteiger partial charge >= 0.3 is 12.3 Å². The zero-order valence-electron chi connectivity index (χ0n) is 8.64. The van der Waals surface area contributed by atoms with Crippen LogP contribution in [-0.4, -0.2) is 37.1 Å². The summed E-state index contributed by atoms with van der Waals surface area (Å²) in [6, 6.07) is 0. The van der Waals surface area contributed by atoms with Gasteiger partial charge in [0.25, 0.3) is 0 Å². The molecule has 2 N–H and O–H groups in total. The summed E-state index contributed by atoms with van der Waals surface area (Å²) in [6.45, 7) is 0.423. The molecule has 94 valence electrons. The predicted octanol–water partition coefficient (Wildman–Crippen LogP) is 1.37. The van der Waals surface area contributed by atoms with Gasteiger partial charge in [-0.1, -0.05) is 0 Å². The maximum atomic E-state index is 11.8. The molecule has 4 nitrogen and oxygen atoms in total. The highest BCUT2D eigenvalue weighted by Crippen LogP contribution is 2.33. The first-order chi connectivity index (χ1) is 7.36. The van der Waals surface area contributed by atoms with Gasteiger partial charge in [0.2, 0.25) is 0 Å². The fraction of sp³-hybridized carbons (Fsp3) is 0.889. The number of carboxylic acids is 1. The molecule has 0 aliphatic carbocycles. The maximum absolute atomic E-state index is 11.8. The van der Waals surface area contributed by atoms with Crippen molar-refractivity contribution in [3.8, 4) is 0 Å². The molecule has 0 bridgehead atoms. The van der Waals surface area contributed by atoms with Crippen LogP contribution in [0, 0.1) is 5.41 Å². The van der Waals surface area contributed by atoms with Gasteiger partial charge in [0.15, 0.2) is 0 Å². The number of rotatable bonds is 4. The normalized spacial score (nSPS) is 20.7. The number of halogens is 3. The van der Waals surface area contributed by atoms with Crippen LogP contribution in [0.1, 0.15) is 19.3 Å². The number of nitrogens with one attached hydrogen (secondary N) is 1. The number of ether oxygens (including phenoxy) is 1. The van der Waals surface area contributed by atoms with E-state index in [2.05, 4.69) is 10.1 Å². The fourth-order valence-corrected chi connectivity index (χ4v) is 1.84. The second-order valence-electron chi connectivity index (χ2n) is 3.88. The highest BCUT2D eigenvalue weighted by Gasteiger charge is 2.40. The molecule has 1 aliphatic rings. The summed E-state index contributed by atoms with van der Waals surface area (Å²) >= 11 is 0. The Labute approximate surface area is 90.8 Å². The molecule has 0 aromatic carbocycles. The zero-order valence-corrected chi connectivity index (χ0v) is 8.64. The number of carbonyl (C=O) groups is 1. The molecular weight excluding hydrogens is 227 g/mol. The Hall–Kier alpha value is -0.820. The van der Waals surface area contributed by atoms with Crippen molar-refractivity contribution in [1.29, 1.82) is 0 Å². The van der Waals surface area contributed by atoms with Gasteiger partial charge in [0, 0.05) is 0 Å². The Balaban J connectivity index is 2.48. The lowest BCUT2D eigenvalue weighted by Gasteiger charge is -2.33. The summed E-state index contributed by atoms with van der Waals surface area (Å²) in [7, 11) is 0. The molecule has 1 rings (SSSR count). The number of hydrogen-bond donors (Lipinski definition) is 2. The maximum Gasteiger partial charge on any atom is 0.522 e. The third-order valence-electron chi connectivity index (χ3n) is 2.86. The third kappa shape index (κ3) is 3.64. The Morgan fingerprint density at radius 3 is 2.38 bits per heavy atom. The average molecular weight is 241 g/mol. The van der Waals surface area contributed by atoms with Crippen LogP contribution in [0.15, 0.2) is 0 Å². The van der Waals surface area contributed by atoms with Crippen molar-refractivity contribution >= 4 is 5.97 Å². The molecule has 16 heavy (non-hydrogen) atoms. The van der Waals surface area contributed by atoms with Crippen molar-refractivity contribution in [1.82, 2.24) is 5.32 Å². The lowest BCUT2D eigenvalue weighted by atomic mass is 9.76. The van der Waals surface area contributed by atoms with Crippen LogP contribution in [0.25, 0.3) is 0 Å². The van der Waals surface area contributed by atoms with Crippen molar-refractivity contribution in [2.75, 3.05) is 19.7 Å². The Bertz CT molecular complexity index is 249. The van der Waals surface area contributed by atoms with Crippen LogP contribution in [0.5, 0.6) is 0 Å². The molecule has 0 spiro atoms. The quantitative estimate of drug-likeness (QED) is 0.780. The number of hydrogen-bond acceptors (Lipinski definition) is 3. The number of piperidine rings is 1. The summed E-state index contributed by atoms with van der Waals surface area (Å²) in [5, 5.41) is 12.0.